The maximum absolute atomic E-state index is 6.14. The molecule has 0 unspecified atom stereocenters. The summed E-state index contributed by atoms with van der Waals surface area (Å²) in [6, 6.07) is 76.7. The minimum Gasteiger partial charge on any atom is -0.456 e. The first-order chi connectivity index (χ1) is 27.7. The van der Waals surface area contributed by atoms with Gasteiger partial charge >= 0.3 is 0 Å². The third-order valence-corrected chi connectivity index (χ3v) is 11.2. The molecule has 1 heterocycles. The molecule has 0 fully saturated rings. The number of para-hydroxylation sites is 2. The summed E-state index contributed by atoms with van der Waals surface area (Å²) in [7, 11) is 0. The highest BCUT2D eigenvalue weighted by Crippen LogP contribution is 2.45. The van der Waals surface area contributed by atoms with E-state index in [1.165, 1.54) is 54.6 Å². The summed E-state index contributed by atoms with van der Waals surface area (Å²) in [6.07, 6.45) is 0. The summed E-state index contributed by atoms with van der Waals surface area (Å²) in [6.45, 7) is 0. The lowest BCUT2D eigenvalue weighted by molar-refractivity contribution is 0.669. The Morgan fingerprint density at radius 1 is 0.286 bits per heavy atom. The smallest absolute Gasteiger partial charge is 0.135 e. The number of rotatable bonds is 6. The summed E-state index contributed by atoms with van der Waals surface area (Å²) >= 11 is 0. The van der Waals surface area contributed by atoms with Crippen molar-refractivity contribution in [3.8, 4) is 33.4 Å². The van der Waals surface area contributed by atoms with E-state index in [4.69, 9.17) is 4.42 Å². The third-order valence-electron chi connectivity index (χ3n) is 11.2. The largest absolute Gasteiger partial charge is 0.456 e. The molecule has 0 bridgehead atoms. The van der Waals surface area contributed by atoms with Crippen LogP contribution in [-0.4, -0.2) is 0 Å². The normalized spacial score (nSPS) is 11.6. The van der Waals surface area contributed by atoms with Gasteiger partial charge in [-0.2, -0.15) is 0 Å². The monoisotopic (exact) mass is 713 g/mol. The topological polar surface area (TPSA) is 16.4 Å². The van der Waals surface area contributed by atoms with Gasteiger partial charge in [0.25, 0.3) is 0 Å². The Kier molecular flexibility index (Phi) is 7.53. The van der Waals surface area contributed by atoms with Crippen molar-refractivity contribution in [2.45, 2.75) is 0 Å². The summed E-state index contributed by atoms with van der Waals surface area (Å²) in [5, 5.41) is 9.75. The predicted molar refractivity (Wildman–Crippen MR) is 237 cm³/mol. The van der Waals surface area contributed by atoms with Crippen molar-refractivity contribution in [1.29, 1.82) is 0 Å². The molecule has 0 atom stereocenters. The van der Waals surface area contributed by atoms with E-state index in [0.717, 1.165) is 50.1 Å². The molecule has 0 radical (unpaired) electrons. The second kappa shape index (κ2) is 13.2. The molecule has 11 rings (SSSR count). The van der Waals surface area contributed by atoms with Crippen molar-refractivity contribution >= 4 is 71.3 Å². The van der Waals surface area contributed by atoms with Crippen molar-refractivity contribution in [1.82, 2.24) is 0 Å². The van der Waals surface area contributed by atoms with Crippen molar-refractivity contribution in [3.05, 3.63) is 212 Å². The molecular weight excluding hydrogens is 679 g/mol. The maximum Gasteiger partial charge on any atom is 0.135 e. The summed E-state index contributed by atoms with van der Waals surface area (Å²) in [4.78, 5) is 2.40. The molecule has 2 heteroatoms. The fourth-order valence-corrected chi connectivity index (χ4v) is 8.48. The first kappa shape index (κ1) is 32.0. The highest BCUT2D eigenvalue weighted by atomic mass is 16.3. The van der Waals surface area contributed by atoms with Crippen LogP contribution in [0, 0.1) is 0 Å². The number of benzene rings is 10. The van der Waals surface area contributed by atoms with Gasteiger partial charge < -0.3 is 9.32 Å². The molecule has 2 nitrogen and oxygen atoms in total. The Morgan fingerprint density at radius 3 is 1.59 bits per heavy atom. The standard InChI is InChI=1S/C54H35NO/c1-2-12-39-33-40(22-21-36(39)11-1)37-23-28-43(29-24-37)55(44-30-25-38(26-31-44)41-27-32-54-51(34-41)49-18-8-10-20-53(49)56-54)52-19-9-7-17-48(52)50-35-42-13-3-4-14-45(42)46-15-5-6-16-47(46)50/h1-35H. The molecule has 0 aliphatic heterocycles. The zero-order valence-corrected chi connectivity index (χ0v) is 30.6. The van der Waals surface area contributed by atoms with Crippen LogP contribution in [0.4, 0.5) is 17.1 Å². The van der Waals surface area contributed by atoms with E-state index in [1.54, 1.807) is 0 Å². The third kappa shape index (κ3) is 5.42. The van der Waals surface area contributed by atoms with E-state index < -0.39 is 0 Å². The van der Waals surface area contributed by atoms with Gasteiger partial charge in [0.1, 0.15) is 11.2 Å². The molecule has 0 N–H and O–H groups in total. The minimum absolute atomic E-state index is 0.905. The number of fused-ring (bicyclic) bond motifs is 7. The average Bonchev–Trinajstić information content (AvgIpc) is 3.65. The van der Waals surface area contributed by atoms with Crippen LogP contribution in [0.5, 0.6) is 0 Å². The first-order valence-electron chi connectivity index (χ1n) is 19.2. The van der Waals surface area contributed by atoms with E-state index in [-0.39, 0.29) is 0 Å². The maximum atomic E-state index is 6.14. The highest BCUT2D eigenvalue weighted by Gasteiger charge is 2.20. The molecule has 0 aliphatic rings. The van der Waals surface area contributed by atoms with Gasteiger partial charge in [0.05, 0.1) is 5.69 Å². The van der Waals surface area contributed by atoms with Gasteiger partial charge in [-0.3, -0.25) is 0 Å². The van der Waals surface area contributed by atoms with Crippen molar-refractivity contribution in [3.63, 3.8) is 0 Å². The van der Waals surface area contributed by atoms with Crippen molar-refractivity contribution in [2.75, 3.05) is 4.90 Å². The molecule has 0 saturated heterocycles. The number of hydrogen-bond acceptors (Lipinski definition) is 2. The Bertz CT molecular complexity index is 3250. The first-order valence-corrected chi connectivity index (χ1v) is 19.2. The van der Waals surface area contributed by atoms with Crippen molar-refractivity contribution < 1.29 is 4.42 Å². The van der Waals surface area contributed by atoms with Crippen LogP contribution in [0.3, 0.4) is 0 Å². The Balaban J connectivity index is 1.06. The highest BCUT2D eigenvalue weighted by molar-refractivity contribution is 6.15. The van der Waals surface area contributed by atoms with Gasteiger partial charge in [0.2, 0.25) is 0 Å². The molecule has 0 amide bonds. The quantitative estimate of drug-likeness (QED) is 0.160. The predicted octanol–water partition coefficient (Wildman–Crippen LogP) is 15.5. The van der Waals surface area contributed by atoms with Gasteiger partial charge in [-0.05, 0) is 121 Å². The summed E-state index contributed by atoms with van der Waals surface area (Å²) in [5.74, 6) is 0. The summed E-state index contributed by atoms with van der Waals surface area (Å²) < 4.78 is 6.14. The fourth-order valence-electron chi connectivity index (χ4n) is 8.48. The van der Waals surface area contributed by atoms with Gasteiger partial charge in [-0.25, -0.2) is 0 Å². The molecule has 1 aromatic heterocycles. The fraction of sp³-hybridized carbons (Fsp3) is 0. The lowest BCUT2D eigenvalue weighted by Gasteiger charge is -2.28. The molecule has 10 aromatic carbocycles. The molecule has 0 aliphatic carbocycles. The Morgan fingerprint density at radius 2 is 0.821 bits per heavy atom. The van der Waals surface area contributed by atoms with Crippen LogP contribution in [0.25, 0.3) is 87.6 Å². The van der Waals surface area contributed by atoms with Crippen LogP contribution >= 0.6 is 0 Å². The van der Waals surface area contributed by atoms with E-state index in [1.807, 2.05) is 12.1 Å². The second-order valence-electron chi connectivity index (χ2n) is 14.5. The number of furan rings is 1. The zero-order chi connectivity index (χ0) is 37.0. The molecular formula is C54H35NO. The van der Waals surface area contributed by atoms with Crippen molar-refractivity contribution in [2.24, 2.45) is 0 Å². The van der Waals surface area contributed by atoms with Gasteiger partial charge in [-0.15, -0.1) is 0 Å². The van der Waals surface area contributed by atoms with Crippen LogP contribution in [0.15, 0.2) is 217 Å². The van der Waals surface area contributed by atoms with Crippen LogP contribution < -0.4 is 4.90 Å². The summed E-state index contributed by atoms with van der Waals surface area (Å²) in [5.41, 5.74) is 12.2. The number of hydrogen-bond donors (Lipinski definition) is 0. The average molecular weight is 714 g/mol. The van der Waals surface area contributed by atoms with E-state index in [0.29, 0.717) is 0 Å². The molecule has 0 spiro atoms. The van der Waals surface area contributed by atoms with E-state index >= 15 is 0 Å². The Hall–Kier alpha value is -7.42. The van der Waals surface area contributed by atoms with Gasteiger partial charge in [0, 0.05) is 27.7 Å². The zero-order valence-electron chi connectivity index (χ0n) is 30.6. The van der Waals surface area contributed by atoms with Crippen LogP contribution in [0.1, 0.15) is 0 Å². The van der Waals surface area contributed by atoms with Gasteiger partial charge in [-0.1, -0.05) is 152 Å². The lowest BCUT2D eigenvalue weighted by atomic mass is 9.92. The van der Waals surface area contributed by atoms with Crippen LogP contribution in [0.2, 0.25) is 0 Å². The number of anilines is 3. The number of nitrogens with zero attached hydrogens (tertiary/aromatic N) is 1. The second-order valence-corrected chi connectivity index (χ2v) is 14.5. The lowest BCUT2D eigenvalue weighted by Crippen LogP contribution is -2.11. The Labute approximate surface area is 325 Å². The van der Waals surface area contributed by atoms with E-state index in [2.05, 4.69) is 205 Å². The molecule has 262 valence electrons. The molecule has 0 saturated carbocycles. The molecule has 56 heavy (non-hydrogen) atoms. The molecule has 11 aromatic rings. The van der Waals surface area contributed by atoms with E-state index in [9.17, 15) is 0 Å². The van der Waals surface area contributed by atoms with Gasteiger partial charge in [0.15, 0.2) is 0 Å². The van der Waals surface area contributed by atoms with Crippen LogP contribution in [-0.2, 0) is 0 Å². The SMILES string of the molecule is c1ccc(N(c2ccc(-c3ccc4ccccc4c3)cc2)c2ccc(-c3ccc4oc5ccccc5c4c3)cc2)c(-c2cc3ccccc3c3ccccc23)c1. The minimum atomic E-state index is 0.905.